The third-order valence-electron chi connectivity index (χ3n) is 4.68. The van der Waals surface area contributed by atoms with Crippen LogP contribution in [0.5, 0.6) is 0 Å². The number of nitrogens with zero attached hydrogens (tertiary/aromatic N) is 1. The minimum atomic E-state index is -0.0282. The van der Waals surface area contributed by atoms with Crippen LogP contribution >= 0.6 is 0 Å². The third-order valence-corrected chi connectivity index (χ3v) is 4.68. The van der Waals surface area contributed by atoms with E-state index in [1.165, 1.54) is 44.3 Å². The molecule has 4 heteroatoms. The van der Waals surface area contributed by atoms with Crippen LogP contribution in [0.4, 0.5) is 5.69 Å². The molecule has 2 heterocycles. The summed E-state index contributed by atoms with van der Waals surface area (Å²) in [4.78, 5) is 14.8. The number of anilines is 1. The lowest BCUT2D eigenvalue weighted by molar-refractivity contribution is -0.118. The molecule has 2 fully saturated rings. The van der Waals surface area contributed by atoms with Gasteiger partial charge in [-0.2, -0.15) is 0 Å². The van der Waals surface area contributed by atoms with Gasteiger partial charge in [-0.3, -0.25) is 9.69 Å². The first kappa shape index (κ1) is 15.5. The van der Waals surface area contributed by atoms with Crippen LogP contribution in [0.1, 0.15) is 44.1 Å². The van der Waals surface area contributed by atoms with E-state index in [4.69, 9.17) is 0 Å². The van der Waals surface area contributed by atoms with Crippen molar-refractivity contribution in [3.8, 4) is 0 Å². The Kier molecular flexibility index (Phi) is 5.46. The molecular weight excluding hydrogens is 274 g/mol. The van der Waals surface area contributed by atoms with Gasteiger partial charge in [0.1, 0.15) is 0 Å². The Hall–Kier alpha value is -1.39. The predicted octanol–water partition coefficient (Wildman–Crippen LogP) is 2.75. The molecule has 3 rings (SSSR count). The number of nitrogens with one attached hydrogen (secondary N) is 2. The molecule has 2 aliphatic rings. The van der Waals surface area contributed by atoms with Gasteiger partial charge in [0.2, 0.25) is 5.91 Å². The second kappa shape index (κ2) is 7.75. The van der Waals surface area contributed by atoms with Crippen LogP contribution in [0.2, 0.25) is 0 Å². The largest absolute Gasteiger partial charge is 0.325 e. The molecule has 2 N–H and O–H groups in total. The molecule has 1 atom stereocenters. The molecule has 0 spiro atoms. The molecule has 1 unspecified atom stereocenters. The summed E-state index contributed by atoms with van der Waals surface area (Å²) in [6.45, 7) is 4.34. The van der Waals surface area contributed by atoms with Gasteiger partial charge in [0.25, 0.3) is 0 Å². The Morgan fingerprint density at radius 1 is 1.18 bits per heavy atom. The van der Waals surface area contributed by atoms with E-state index in [0.29, 0.717) is 0 Å². The molecule has 4 nitrogen and oxygen atoms in total. The van der Waals surface area contributed by atoms with Gasteiger partial charge in [0.15, 0.2) is 0 Å². The van der Waals surface area contributed by atoms with E-state index in [1.54, 1.807) is 0 Å². The highest BCUT2D eigenvalue weighted by Crippen LogP contribution is 2.17. The number of amides is 1. The highest BCUT2D eigenvalue weighted by atomic mass is 16.2. The van der Waals surface area contributed by atoms with Gasteiger partial charge in [-0.1, -0.05) is 25.0 Å². The van der Waals surface area contributed by atoms with E-state index in [-0.39, 0.29) is 11.9 Å². The zero-order valence-corrected chi connectivity index (χ0v) is 13.3. The molecule has 0 aromatic heterocycles. The molecule has 0 aliphatic carbocycles. The van der Waals surface area contributed by atoms with Gasteiger partial charge < -0.3 is 10.6 Å². The topological polar surface area (TPSA) is 44.4 Å². The number of rotatable bonds is 4. The molecule has 1 aromatic rings. The zero-order valence-electron chi connectivity index (χ0n) is 13.3. The summed E-state index contributed by atoms with van der Waals surface area (Å²) in [6.07, 6.45) is 7.24. The average Bonchev–Trinajstić information content (AvgIpc) is 2.57. The van der Waals surface area contributed by atoms with Gasteiger partial charge in [0.05, 0.1) is 6.04 Å². The summed E-state index contributed by atoms with van der Waals surface area (Å²) in [7, 11) is 0. The SMILES string of the molecule is O=C(Nc1cccc(CN2CCCCC2)c1)C1CCCCN1. The fourth-order valence-electron chi connectivity index (χ4n) is 3.43. The van der Waals surface area contributed by atoms with E-state index in [2.05, 4.69) is 27.7 Å². The van der Waals surface area contributed by atoms with Crippen LogP contribution in [0, 0.1) is 0 Å². The fourth-order valence-corrected chi connectivity index (χ4v) is 3.43. The molecule has 120 valence electrons. The van der Waals surface area contributed by atoms with Crippen LogP contribution in [0.25, 0.3) is 0 Å². The van der Waals surface area contributed by atoms with Crippen molar-refractivity contribution in [2.45, 2.75) is 51.1 Å². The summed E-state index contributed by atoms with van der Waals surface area (Å²) in [6, 6.07) is 8.28. The van der Waals surface area contributed by atoms with Crippen molar-refractivity contribution in [2.24, 2.45) is 0 Å². The first-order valence-corrected chi connectivity index (χ1v) is 8.67. The minimum absolute atomic E-state index is 0.0282. The highest BCUT2D eigenvalue weighted by Gasteiger charge is 2.20. The second-order valence-corrected chi connectivity index (χ2v) is 6.53. The lowest BCUT2D eigenvalue weighted by Gasteiger charge is -2.26. The monoisotopic (exact) mass is 301 g/mol. The molecule has 2 aliphatic heterocycles. The molecule has 0 saturated carbocycles. The standard InChI is InChI=1S/C18H27N3O/c22-18(17-9-2-3-10-19-17)20-16-8-6-7-15(13-16)14-21-11-4-1-5-12-21/h6-8,13,17,19H,1-5,9-12,14H2,(H,20,22). The number of likely N-dealkylation sites (tertiary alicyclic amines) is 1. The Morgan fingerprint density at radius 3 is 2.82 bits per heavy atom. The van der Waals surface area contributed by atoms with E-state index in [9.17, 15) is 4.79 Å². The zero-order chi connectivity index (χ0) is 15.2. The first-order valence-electron chi connectivity index (χ1n) is 8.67. The molecular formula is C18H27N3O. The van der Waals surface area contributed by atoms with Crippen molar-refractivity contribution in [1.29, 1.82) is 0 Å². The van der Waals surface area contributed by atoms with E-state index in [1.807, 2.05) is 12.1 Å². The number of hydrogen-bond donors (Lipinski definition) is 2. The maximum atomic E-state index is 12.3. The molecule has 0 radical (unpaired) electrons. The smallest absolute Gasteiger partial charge is 0.241 e. The maximum Gasteiger partial charge on any atom is 0.241 e. The summed E-state index contributed by atoms with van der Waals surface area (Å²) in [5, 5.41) is 6.37. The minimum Gasteiger partial charge on any atom is -0.325 e. The average molecular weight is 301 g/mol. The number of benzene rings is 1. The van der Waals surface area contributed by atoms with Gasteiger partial charge in [-0.05, 0) is 63.0 Å². The third kappa shape index (κ3) is 4.31. The molecule has 2 saturated heterocycles. The number of hydrogen-bond acceptors (Lipinski definition) is 3. The number of carbonyl (C=O) groups excluding carboxylic acids is 1. The van der Waals surface area contributed by atoms with Crippen molar-refractivity contribution < 1.29 is 4.79 Å². The summed E-state index contributed by atoms with van der Waals surface area (Å²) >= 11 is 0. The Labute approximate surface area is 133 Å². The van der Waals surface area contributed by atoms with E-state index in [0.717, 1.165) is 31.6 Å². The lowest BCUT2D eigenvalue weighted by atomic mass is 10.0. The summed E-state index contributed by atoms with van der Waals surface area (Å²) in [5.41, 5.74) is 2.21. The van der Waals surface area contributed by atoms with Crippen LogP contribution in [0.3, 0.4) is 0 Å². The van der Waals surface area contributed by atoms with Crippen LogP contribution in [-0.4, -0.2) is 36.5 Å². The molecule has 1 aromatic carbocycles. The van der Waals surface area contributed by atoms with Crippen molar-refractivity contribution in [3.05, 3.63) is 29.8 Å². The quantitative estimate of drug-likeness (QED) is 0.899. The highest BCUT2D eigenvalue weighted by molar-refractivity contribution is 5.94. The Morgan fingerprint density at radius 2 is 2.05 bits per heavy atom. The van der Waals surface area contributed by atoms with Crippen molar-refractivity contribution in [2.75, 3.05) is 25.0 Å². The maximum absolute atomic E-state index is 12.3. The summed E-state index contributed by atoms with van der Waals surface area (Å²) < 4.78 is 0. The van der Waals surface area contributed by atoms with E-state index < -0.39 is 0 Å². The normalized spacial score (nSPS) is 23.2. The summed E-state index contributed by atoms with van der Waals surface area (Å²) in [5.74, 6) is 0.106. The second-order valence-electron chi connectivity index (χ2n) is 6.53. The lowest BCUT2D eigenvalue weighted by Crippen LogP contribution is -2.43. The number of piperidine rings is 2. The van der Waals surface area contributed by atoms with Crippen molar-refractivity contribution in [3.63, 3.8) is 0 Å². The van der Waals surface area contributed by atoms with Crippen LogP contribution in [-0.2, 0) is 11.3 Å². The van der Waals surface area contributed by atoms with Gasteiger partial charge >= 0.3 is 0 Å². The molecule has 22 heavy (non-hydrogen) atoms. The fraction of sp³-hybridized carbons (Fsp3) is 0.611. The molecule has 0 bridgehead atoms. The van der Waals surface area contributed by atoms with E-state index >= 15 is 0 Å². The van der Waals surface area contributed by atoms with Crippen LogP contribution < -0.4 is 10.6 Å². The van der Waals surface area contributed by atoms with Crippen molar-refractivity contribution >= 4 is 11.6 Å². The van der Waals surface area contributed by atoms with Crippen molar-refractivity contribution in [1.82, 2.24) is 10.2 Å². The van der Waals surface area contributed by atoms with Gasteiger partial charge in [-0.25, -0.2) is 0 Å². The number of carbonyl (C=O) groups is 1. The predicted molar refractivity (Wildman–Crippen MR) is 89.8 cm³/mol. The Balaban J connectivity index is 1.57. The first-order chi connectivity index (χ1) is 10.8. The Bertz CT molecular complexity index is 491. The van der Waals surface area contributed by atoms with Gasteiger partial charge in [-0.15, -0.1) is 0 Å². The van der Waals surface area contributed by atoms with Crippen LogP contribution in [0.15, 0.2) is 24.3 Å². The van der Waals surface area contributed by atoms with Gasteiger partial charge in [0, 0.05) is 12.2 Å². The molecule has 1 amide bonds.